The number of halogens is 1. The molecule has 3 rings (SSSR count). The second kappa shape index (κ2) is 4.80. The van der Waals surface area contributed by atoms with Crippen molar-refractivity contribution in [3.8, 4) is 0 Å². The summed E-state index contributed by atoms with van der Waals surface area (Å²) in [7, 11) is 0. The molecular weight excluding hydrogens is 274 g/mol. The summed E-state index contributed by atoms with van der Waals surface area (Å²) < 4.78 is 2.10. The van der Waals surface area contributed by atoms with Gasteiger partial charge in [0.2, 0.25) is 0 Å². The molecule has 0 unspecified atom stereocenters. The quantitative estimate of drug-likeness (QED) is 0.787. The fourth-order valence-electron chi connectivity index (χ4n) is 2.60. The monoisotopic (exact) mass is 287 g/mol. The lowest BCUT2D eigenvalue weighted by Gasteiger charge is -2.10. The normalized spacial score (nSPS) is 11.2. The number of hydrogen-bond acceptors (Lipinski definition) is 2. The lowest BCUT2D eigenvalue weighted by atomic mass is 10.2. The number of nitrogens with zero attached hydrogens (tertiary/aromatic N) is 2. The maximum absolute atomic E-state index is 11.9. The molecule has 2 aromatic heterocycles. The van der Waals surface area contributed by atoms with Crippen LogP contribution in [0.4, 0.5) is 0 Å². The number of fused-ring (bicyclic) bond motifs is 1. The molecule has 0 bridgehead atoms. The minimum absolute atomic E-state index is 0.152. The van der Waals surface area contributed by atoms with Gasteiger partial charge in [-0.05, 0) is 25.5 Å². The first-order chi connectivity index (χ1) is 9.59. The molecule has 102 valence electrons. The number of aryl methyl sites for hydroxylation is 2. The molecule has 0 atom stereocenters. The van der Waals surface area contributed by atoms with Crippen LogP contribution in [0, 0.1) is 13.8 Å². The van der Waals surface area contributed by atoms with Crippen LogP contribution in [0.2, 0.25) is 5.02 Å². The SMILES string of the molecule is Cc1c2cn[nH]c(=O)c2c(C)n1Cc1ccccc1Cl. The van der Waals surface area contributed by atoms with E-state index < -0.39 is 0 Å². The standard InChI is InChI=1S/C15H14ClN3O/c1-9-12-7-17-18-15(20)14(12)10(2)19(9)8-11-5-3-4-6-13(11)16/h3-7H,8H2,1-2H3,(H,18,20). The van der Waals surface area contributed by atoms with Crippen LogP contribution in [0.3, 0.4) is 0 Å². The molecular formula is C15H14ClN3O. The zero-order valence-electron chi connectivity index (χ0n) is 11.3. The van der Waals surface area contributed by atoms with Gasteiger partial charge in [0.1, 0.15) is 0 Å². The maximum Gasteiger partial charge on any atom is 0.273 e. The lowest BCUT2D eigenvalue weighted by molar-refractivity contribution is 0.754. The van der Waals surface area contributed by atoms with Gasteiger partial charge in [0.05, 0.1) is 11.6 Å². The minimum atomic E-state index is -0.152. The Morgan fingerprint density at radius 1 is 1.25 bits per heavy atom. The van der Waals surface area contributed by atoms with Gasteiger partial charge in [-0.25, -0.2) is 5.10 Å². The number of aromatic amines is 1. The predicted molar refractivity (Wildman–Crippen MR) is 80.4 cm³/mol. The molecule has 0 saturated heterocycles. The van der Waals surface area contributed by atoms with Crippen LogP contribution in [0.1, 0.15) is 17.0 Å². The van der Waals surface area contributed by atoms with Crippen molar-refractivity contribution in [2.75, 3.05) is 0 Å². The van der Waals surface area contributed by atoms with Gasteiger partial charge in [0.25, 0.3) is 5.56 Å². The molecule has 2 heterocycles. The van der Waals surface area contributed by atoms with Crippen molar-refractivity contribution in [2.45, 2.75) is 20.4 Å². The number of benzene rings is 1. The Bertz CT molecular complexity index is 848. The zero-order chi connectivity index (χ0) is 14.3. The van der Waals surface area contributed by atoms with Crippen LogP contribution in [-0.2, 0) is 6.54 Å². The number of nitrogens with one attached hydrogen (secondary N) is 1. The number of H-pyrrole nitrogens is 1. The molecule has 0 aliphatic carbocycles. The van der Waals surface area contributed by atoms with Crippen molar-refractivity contribution < 1.29 is 0 Å². The summed E-state index contributed by atoms with van der Waals surface area (Å²) in [6, 6.07) is 7.74. The summed E-state index contributed by atoms with van der Waals surface area (Å²) in [5.74, 6) is 0. The number of rotatable bonds is 2. The molecule has 0 amide bonds. The highest BCUT2D eigenvalue weighted by Crippen LogP contribution is 2.24. The summed E-state index contributed by atoms with van der Waals surface area (Å²) in [5.41, 5.74) is 2.84. The Morgan fingerprint density at radius 3 is 2.70 bits per heavy atom. The highest BCUT2D eigenvalue weighted by Gasteiger charge is 2.14. The molecule has 0 aliphatic rings. The van der Waals surface area contributed by atoms with Crippen molar-refractivity contribution >= 4 is 22.4 Å². The fourth-order valence-corrected chi connectivity index (χ4v) is 2.79. The molecule has 20 heavy (non-hydrogen) atoms. The van der Waals surface area contributed by atoms with Gasteiger partial charge in [0, 0.05) is 28.3 Å². The van der Waals surface area contributed by atoms with E-state index >= 15 is 0 Å². The maximum atomic E-state index is 11.9. The second-order valence-corrected chi connectivity index (χ2v) is 5.24. The van der Waals surface area contributed by atoms with E-state index in [1.54, 1.807) is 6.20 Å². The summed E-state index contributed by atoms with van der Waals surface area (Å²) >= 11 is 6.22. The van der Waals surface area contributed by atoms with Crippen molar-refractivity contribution in [2.24, 2.45) is 0 Å². The van der Waals surface area contributed by atoms with Crippen LogP contribution < -0.4 is 5.56 Å². The van der Waals surface area contributed by atoms with Gasteiger partial charge in [-0.15, -0.1) is 0 Å². The van der Waals surface area contributed by atoms with Gasteiger partial charge >= 0.3 is 0 Å². The van der Waals surface area contributed by atoms with E-state index in [2.05, 4.69) is 14.8 Å². The first-order valence-corrected chi connectivity index (χ1v) is 6.74. The van der Waals surface area contributed by atoms with Gasteiger partial charge < -0.3 is 4.57 Å². The molecule has 1 N–H and O–H groups in total. The second-order valence-electron chi connectivity index (χ2n) is 4.84. The number of aromatic nitrogens is 3. The van der Waals surface area contributed by atoms with Gasteiger partial charge in [0.15, 0.2) is 0 Å². The van der Waals surface area contributed by atoms with Gasteiger partial charge in [-0.3, -0.25) is 4.79 Å². The molecule has 4 nitrogen and oxygen atoms in total. The van der Waals surface area contributed by atoms with E-state index in [4.69, 9.17) is 11.6 Å². The van der Waals surface area contributed by atoms with E-state index in [1.807, 2.05) is 38.1 Å². The Hall–Kier alpha value is -2.07. The molecule has 3 aromatic rings. The third kappa shape index (κ3) is 1.93. The minimum Gasteiger partial charge on any atom is -0.343 e. The first kappa shape index (κ1) is 12.9. The smallest absolute Gasteiger partial charge is 0.273 e. The van der Waals surface area contributed by atoms with E-state index in [0.29, 0.717) is 11.9 Å². The van der Waals surface area contributed by atoms with Crippen LogP contribution in [-0.4, -0.2) is 14.8 Å². The molecule has 5 heteroatoms. The third-order valence-corrected chi connectivity index (χ3v) is 4.07. The van der Waals surface area contributed by atoms with E-state index in [9.17, 15) is 4.79 Å². The molecule has 0 radical (unpaired) electrons. The van der Waals surface area contributed by atoms with E-state index in [-0.39, 0.29) is 5.56 Å². The Morgan fingerprint density at radius 2 is 2.00 bits per heavy atom. The van der Waals surface area contributed by atoms with Gasteiger partial charge in [-0.2, -0.15) is 5.10 Å². The lowest BCUT2D eigenvalue weighted by Crippen LogP contribution is -2.08. The third-order valence-electron chi connectivity index (χ3n) is 3.70. The number of hydrogen-bond donors (Lipinski definition) is 1. The van der Waals surface area contributed by atoms with Crippen LogP contribution >= 0.6 is 11.6 Å². The van der Waals surface area contributed by atoms with Crippen molar-refractivity contribution in [3.05, 3.63) is 62.8 Å². The van der Waals surface area contributed by atoms with Crippen LogP contribution in [0.5, 0.6) is 0 Å². The van der Waals surface area contributed by atoms with Crippen molar-refractivity contribution in [3.63, 3.8) is 0 Å². The van der Waals surface area contributed by atoms with E-state index in [0.717, 1.165) is 27.4 Å². The van der Waals surface area contributed by atoms with Crippen molar-refractivity contribution in [1.29, 1.82) is 0 Å². The highest BCUT2D eigenvalue weighted by atomic mass is 35.5. The fraction of sp³-hybridized carbons (Fsp3) is 0.200. The molecule has 0 spiro atoms. The Kier molecular flexibility index (Phi) is 3.10. The van der Waals surface area contributed by atoms with Crippen LogP contribution in [0.25, 0.3) is 10.8 Å². The summed E-state index contributed by atoms with van der Waals surface area (Å²) in [4.78, 5) is 11.9. The largest absolute Gasteiger partial charge is 0.343 e. The Balaban J connectivity index is 2.21. The van der Waals surface area contributed by atoms with Crippen LogP contribution in [0.15, 0.2) is 35.3 Å². The first-order valence-electron chi connectivity index (χ1n) is 6.36. The predicted octanol–water partition coefficient (Wildman–Crippen LogP) is 3.04. The highest BCUT2D eigenvalue weighted by molar-refractivity contribution is 6.31. The van der Waals surface area contributed by atoms with Gasteiger partial charge in [-0.1, -0.05) is 29.8 Å². The van der Waals surface area contributed by atoms with E-state index in [1.165, 1.54) is 0 Å². The topological polar surface area (TPSA) is 50.7 Å². The molecule has 0 fully saturated rings. The molecule has 1 aromatic carbocycles. The molecule has 0 saturated carbocycles. The Labute approximate surface area is 121 Å². The van der Waals surface area contributed by atoms with Crippen molar-refractivity contribution in [1.82, 2.24) is 14.8 Å². The average molecular weight is 288 g/mol. The summed E-state index contributed by atoms with van der Waals surface area (Å²) in [5, 5.41) is 8.68. The summed E-state index contributed by atoms with van der Waals surface area (Å²) in [6.45, 7) is 4.58. The molecule has 0 aliphatic heterocycles. The summed E-state index contributed by atoms with van der Waals surface area (Å²) in [6.07, 6.45) is 1.70. The average Bonchev–Trinajstić information content (AvgIpc) is 2.67. The zero-order valence-corrected chi connectivity index (χ0v) is 12.0.